The van der Waals surface area contributed by atoms with Crippen molar-refractivity contribution in [1.82, 2.24) is 0 Å². The maximum absolute atomic E-state index is 13.3. The van der Waals surface area contributed by atoms with E-state index in [9.17, 15) is 8.78 Å². The van der Waals surface area contributed by atoms with E-state index >= 15 is 0 Å². The number of rotatable bonds is 11. The molecule has 0 aliphatic heterocycles. The predicted octanol–water partition coefficient (Wildman–Crippen LogP) is 7.37. The zero-order chi connectivity index (χ0) is 15.6. The van der Waals surface area contributed by atoms with Crippen LogP contribution in [0.15, 0.2) is 0 Å². The molecule has 1 saturated carbocycles. The van der Waals surface area contributed by atoms with Crippen molar-refractivity contribution in [2.45, 2.75) is 110 Å². The Balaban J connectivity index is 2.35. The molecule has 21 heavy (non-hydrogen) atoms. The van der Waals surface area contributed by atoms with Gasteiger partial charge in [-0.05, 0) is 24.7 Å². The topological polar surface area (TPSA) is 0 Å². The van der Waals surface area contributed by atoms with Gasteiger partial charge in [-0.1, -0.05) is 78.1 Å². The number of halogens is 2. The highest BCUT2D eigenvalue weighted by molar-refractivity contribution is 4.81. The van der Waals surface area contributed by atoms with Crippen LogP contribution in [-0.2, 0) is 0 Å². The van der Waals surface area contributed by atoms with Crippen molar-refractivity contribution >= 4 is 0 Å². The summed E-state index contributed by atoms with van der Waals surface area (Å²) in [5.74, 6) is -1.08. The van der Waals surface area contributed by atoms with E-state index in [1.165, 1.54) is 64.2 Å². The van der Waals surface area contributed by atoms with Crippen molar-refractivity contribution in [3.8, 4) is 0 Å². The molecule has 0 aromatic heterocycles. The van der Waals surface area contributed by atoms with Crippen LogP contribution in [0.4, 0.5) is 8.78 Å². The van der Waals surface area contributed by atoms with E-state index in [1.807, 2.05) is 0 Å². The molecule has 1 aliphatic carbocycles. The molecule has 0 spiro atoms. The molecule has 0 aromatic rings. The van der Waals surface area contributed by atoms with Gasteiger partial charge < -0.3 is 0 Å². The Hall–Kier alpha value is -0.140. The van der Waals surface area contributed by atoms with Crippen LogP contribution in [0.5, 0.6) is 0 Å². The zero-order valence-electron chi connectivity index (χ0n) is 14.3. The van der Waals surface area contributed by atoms with Crippen molar-refractivity contribution < 1.29 is 8.78 Å². The lowest BCUT2D eigenvalue weighted by Gasteiger charge is -2.34. The van der Waals surface area contributed by atoms with Crippen LogP contribution >= 0.6 is 0 Å². The molecule has 0 unspecified atom stereocenters. The molecule has 0 radical (unpaired) electrons. The number of hydrogen-bond donors (Lipinski definition) is 0. The highest BCUT2D eigenvalue weighted by Crippen LogP contribution is 2.42. The maximum atomic E-state index is 13.3. The second kappa shape index (κ2) is 10.6. The van der Waals surface area contributed by atoms with Crippen molar-refractivity contribution in [3.63, 3.8) is 0 Å². The Bertz CT molecular complexity index is 228. The largest absolute Gasteiger partial charge is 0.248 e. The fraction of sp³-hybridized carbons (Fsp3) is 1.00. The molecule has 2 heteroatoms. The van der Waals surface area contributed by atoms with Gasteiger partial charge in [-0.15, -0.1) is 0 Å². The number of alkyl halides is 2. The Morgan fingerprint density at radius 1 is 0.810 bits per heavy atom. The van der Waals surface area contributed by atoms with Crippen LogP contribution in [0.2, 0.25) is 0 Å². The Morgan fingerprint density at radius 3 is 1.71 bits per heavy atom. The van der Waals surface area contributed by atoms with E-state index in [0.29, 0.717) is 5.92 Å². The van der Waals surface area contributed by atoms with Crippen LogP contribution < -0.4 is 0 Å². The van der Waals surface area contributed by atoms with Gasteiger partial charge in [0.05, 0.1) is 0 Å². The molecule has 1 rings (SSSR count). The molecular formula is C19H36F2. The molecule has 0 atom stereocenters. The second-order valence-corrected chi connectivity index (χ2v) is 7.15. The lowest BCUT2D eigenvalue weighted by atomic mass is 9.74. The van der Waals surface area contributed by atoms with Gasteiger partial charge in [-0.2, -0.15) is 0 Å². The van der Waals surface area contributed by atoms with Gasteiger partial charge in [-0.25, -0.2) is 8.78 Å². The fourth-order valence-corrected chi connectivity index (χ4v) is 3.82. The molecular weight excluding hydrogens is 266 g/mol. The lowest BCUT2D eigenvalue weighted by Crippen LogP contribution is -2.28. The second-order valence-electron chi connectivity index (χ2n) is 7.15. The van der Waals surface area contributed by atoms with E-state index in [1.54, 1.807) is 0 Å². The van der Waals surface area contributed by atoms with E-state index in [4.69, 9.17) is 0 Å². The minimum atomic E-state index is -2.37. The summed E-state index contributed by atoms with van der Waals surface area (Å²) in [7, 11) is 0. The normalized spacial score (nSPS) is 19.3. The minimum Gasteiger partial charge on any atom is -0.207 e. The summed E-state index contributed by atoms with van der Waals surface area (Å²) in [4.78, 5) is 0. The van der Waals surface area contributed by atoms with Crippen molar-refractivity contribution in [3.05, 3.63) is 0 Å². The highest BCUT2D eigenvalue weighted by atomic mass is 19.3. The molecule has 0 aromatic carbocycles. The van der Waals surface area contributed by atoms with Crippen LogP contribution in [0.3, 0.4) is 0 Å². The fourth-order valence-electron chi connectivity index (χ4n) is 3.82. The lowest BCUT2D eigenvalue weighted by molar-refractivity contribution is -0.0534. The van der Waals surface area contributed by atoms with Crippen LogP contribution in [0.25, 0.3) is 0 Å². The molecule has 0 N–H and O–H groups in total. The van der Waals surface area contributed by atoms with Gasteiger partial charge in [-0.3, -0.25) is 0 Å². The summed E-state index contributed by atoms with van der Waals surface area (Å²) in [5.41, 5.74) is 0. The van der Waals surface area contributed by atoms with Gasteiger partial charge in [0.2, 0.25) is 5.92 Å². The Kier molecular flexibility index (Phi) is 9.51. The summed E-state index contributed by atoms with van der Waals surface area (Å²) in [6.07, 6.45) is 14.8. The molecule has 1 aliphatic rings. The van der Waals surface area contributed by atoms with Crippen molar-refractivity contribution in [2.24, 2.45) is 11.8 Å². The first-order valence-electron chi connectivity index (χ1n) is 9.47. The highest BCUT2D eigenvalue weighted by Gasteiger charge is 2.37. The molecule has 0 heterocycles. The molecule has 0 amide bonds. The maximum Gasteiger partial charge on any atom is 0.248 e. The third kappa shape index (κ3) is 8.16. The summed E-state index contributed by atoms with van der Waals surface area (Å²) in [5, 5.41) is 0. The zero-order valence-corrected chi connectivity index (χ0v) is 14.3. The molecule has 126 valence electrons. The van der Waals surface area contributed by atoms with E-state index in [0.717, 1.165) is 18.8 Å². The first-order chi connectivity index (χ1) is 10.1. The Morgan fingerprint density at radius 2 is 1.29 bits per heavy atom. The quantitative estimate of drug-likeness (QED) is 0.349. The molecule has 0 saturated heterocycles. The summed E-state index contributed by atoms with van der Waals surface area (Å²) in [6.45, 7) is 4.48. The smallest absolute Gasteiger partial charge is 0.207 e. The summed E-state index contributed by atoms with van der Waals surface area (Å²) < 4.78 is 26.7. The van der Waals surface area contributed by atoms with Gasteiger partial charge in [0.25, 0.3) is 0 Å². The van der Waals surface area contributed by atoms with Crippen LogP contribution in [-0.4, -0.2) is 5.92 Å². The molecule has 1 fully saturated rings. The van der Waals surface area contributed by atoms with Gasteiger partial charge in [0.15, 0.2) is 0 Å². The van der Waals surface area contributed by atoms with Crippen molar-refractivity contribution in [2.75, 3.05) is 0 Å². The third-order valence-electron chi connectivity index (χ3n) is 5.29. The molecule has 0 nitrogen and oxygen atoms in total. The van der Waals surface area contributed by atoms with Crippen LogP contribution in [0.1, 0.15) is 104 Å². The van der Waals surface area contributed by atoms with Gasteiger partial charge in [0, 0.05) is 12.8 Å². The summed E-state index contributed by atoms with van der Waals surface area (Å²) in [6, 6.07) is 0. The van der Waals surface area contributed by atoms with E-state index in [2.05, 4.69) is 13.8 Å². The first kappa shape index (κ1) is 18.9. The number of unbranched alkanes of at least 4 members (excludes halogenated alkanes) is 6. The number of hydrogen-bond acceptors (Lipinski definition) is 0. The van der Waals surface area contributed by atoms with Crippen molar-refractivity contribution in [1.29, 1.82) is 0 Å². The average molecular weight is 302 g/mol. The Labute approximate surface area is 131 Å². The third-order valence-corrected chi connectivity index (χ3v) is 5.29. The SMILES string of the molecule is CCCCCCC(CCCCCC)C1CCC(F)(F)CC1. The first-order valence-corrected chi connectivity index (χ1v) is 9.47. The van der Waals surface area contributed by atoms with Crippen LogP contribution in [0, 0.1) is 11.8 Å². The van der Waals surface area contributed by atoms with E-state index < -0.39 is 5.92 Å². The summed E-state index contributed by atoms with van der Waals surface area (Å²) >= 11 is 0. The van der Waals surface area contributed by atoms with E-state index in [-0.39, 0.29) is 12.8 Å². The van der Waals surface area contributed by atoms with Gasteiger partial charge >= 0.3 is 0 Å². The monoisotopic (exact) mass is 302 g/mol. The standard InChI is InChI=1S/C19H36F2/c1-3-5-7-9-11-17(12-10-8-6-4-2)18-13-15-19(20,21)16-14-18/h17-18H,3-16H2,1-2H3. The predicted molar refractivity (Wildman–Crippen MR) is 87.9 cm³/mol. The minimum absolute atomic E-state index is 0.137. The van der Waals surface area contributed by atoms with Gasteiger partial charge in [0.1, 0.15) is 0 Å². The average Bonchev–Trinajstić information content (AvgIpc) is 2.46. The molecule has 0 bridgehead atoms.